The largest absolute Gasteiger partial charge is 0.478 e. The van der Waals surface area contributed by atoms with E-state index >= 15 is 0 Å². The number of pyridine rings is 1. The third-order valence-corrected chi connectivity index (χ3v) is 3.57. The van der Waals surface area contributed by atoms with Crippen LogP contribution in [0.4, 0.5) is 11.5 Å². The first kappa shape index (κ1) is 13.6. The van der Waals surface area contributed by atoms with Gasteiger partial charge in [-0.25, -0.2) is 14.8 Å². The van der Waals surface area contributed by atoms with Gasteiger partial charge in [-0.15, -0.1) is 0 Å². The lowest BCUT2D eigenvalue weighted by Gasteiger charge is -2.39. The van der Waals surface area contributed by atoms with Gasteiger partial charge in [0, 0.05) is 12.1 Å². The van der Waals surface area contributed by atoms with E-state index in [1.165, 1.54) is 18.7 Å². The summed E-state index contributed by atoms with van der Waals surface area (Å²) in [6, 6.07) is 2.13. The molecule has 1 aliphatic rings. The van der Waals surface area contributed by atoms with Gasteiger partial charge in [0.05, 0.1) is 11.9 Å². The summed E-state index contributed by atoms with van der Waals surface area (Å²) in [7, 11) is 0. The lowest BCUT2D eigenvalue weighted by atomic mass is 10.00. The summed E-state index contributed by atoms with van der Waals surface area (Å²) in [6.45, 7) is 4.25. The minimum atomic E-state index is -1.03. The van der Waals surface area contributed by atoms with Gasteiger partial charge in [-0.1, -0.05) is 6.42 Å². The van der Waals surface area contributed by atoms with Crippen LogP contribution in [-0.2, 0) is 0 Å². The van der Waals surface area contributed by atoms with E-state index in [0.717, 1.165) is 12.8 Å². The standard InChI is InChI=1S/C13H20N4O2/c1-8-4-3-5-9(2)17(8)16-12-11(13(18)19)6-10(14)7-15-12/h6-9H,3-5,14H2,1-2H3,(H,15,16)(H,18,19). The maximum absolute atomic E-state index is 11.2. The zero-order chi connectivity index (χ0) is 14.0. The molecule has 2 heterocycles. The summed E-state index contributed by atoms with van der Waals surface area (Å²) in [5.41, 5.74) is 9.18. The van der Waals surface area contributed by atoms with E-state index in [4.69, 9.17) is 5.73 Å². The fourth-order valence-electron chi connectivity index (χ4n) is 2.50. The molecule has 0 aromatic carbocycles. The van der Waals surface area contributed by atoms with Gasteiger partial charge in [-0.2, -0.15) is 0 Å². The maximum atomic E-state index is 11.2. The number of hydrogen-bond donors (Lipinski definition) is 3. The number of carboxylic acid groups (broad SMARTS) is 1. The molecule has 6 nitrogen and oxygen atoms in total. The Bertz CT molecular complexity index is 468. The number of nitrogen functional groups attached to an aromatic ring is 1. The van der Waals surface area contributed by atoms with Crippen molar-refractivity contribution in [2.75, 3.05) is 11.2 Å². The molecule has 19 heavy (non-hydrogen) atoms. The van der Waals surface area contributed by atoms with Gasteiger partial charge in [0.25, 0.3) is 0 Å². The molecule has 1 fully saturated rings. The minimum absolute atomic E-state index is 0.102. The van der Waals surface area contributed by atoms with Crippen molar-refractivity contribution >= 4 is 17.5 Å². The molecule has 0 bridgehead atoms. The van der Waals surface area contributed by atoms with Gasteiger partial charge < -0.3 is 16.3 Å². The summed E-state index contributed by atoms with van der Waals surface area (Å²) in [4.78, 5) is 15.3. The highest BCUT2D eigenvalue weighted by atomic mass is 16.4. The van der Waals surface area contributed by atoms with Gasteiger partial charge in [-0.05, 0) is 32.8 Å². The molecule has 0 radical (unpaired) electrons. The second-order valence-electron chi connectivity index (χ2n) is 5.12. The molecule has 104 valence electrons. The zero-order valence-electron chi connectivity index (χ0n) is 11.3. The second-order valence-corrected chi connectivity index (χ2v) is 5.12. The molecule has 0 saturated carbocycles. The number of aromatic carboxylic acids is 1. The number of nitrogens with zero attached hydrogens (tertiary/aromatic N) is 2. The average Bonchev–Trinajstić information content (AvgIpc) is 2.35. The van der Waals surface area contributed by atoms with E-state index in [-0.39, 0.29) is 5.56 Å². The molecule has 1 aromatic rings. The molecule has 0 amide bonds. The molecule has 4 N–H and O–H groups in total. The van der Waals surface area contributed by atoms with Crippen LogP contribution in [0.2, 0.25) is 0 Å². The van der Waals surface area contributed by atoms with Crippen LogP contribution in [0.5, 0.6) is 0 Å². The molecule has 1 aliphatic heterocycles. The quantitative estimate of drug-likeness (QED) is 0.773. The third kappa shape index (κ3) is 2.96. The number of hydrogen-bond acceptors (Lipinski definition) is 5. The number of carboxylic acids is 1. The fraction of sp³-hybridized carbons (Fsp3) is 0.538. The molecule has 1 aromatic heterocycles. The zero-order valence-corrected chi connectivity index (χ0v) is 11.3. The molecule has 2 unspecified atom stereocenters. The molecule has 6 heteroatoms. The molecule has 2 rings (SSSR count). The molecule has 1 saturated heterocycles. The van der Waals surface area contributed by atoms with Crippen LogP contribution in [0.3, 0.4) is 0 Å². The summed E-state index contributed by atoms with van der Waals surface area (Å²) in [5.74, 6) is -0.679. The number of hydrazine groups is 1. The Morgan fingerprint density at radius 2 is 2.11 bits per heavy atom. The van der Waals surface area contributed by atoms with Crippen molar-refractivity contribution in [2.45, 2.75) is 45.2 Å². The van der Waals surface area contributed by atoms with Crippen molar-refractivity contribution in [3.8, 4) is 0 Å². The highest BCUT2D eigenvalue weighted by Gasteiger charge is 2.26. The number of anilines is 2. The number of carbonyl (C=O) groups is 1. The normalized spacial score (nSPS) is 24.1. The monoisotopic (exact) mass is 264 g/mol. The third-order valence-electron chi connectivity index (χ3n) is 3.57. The van der Waals surface area contributed by atoms with Crippen molar-refractivity contribution in [2.24, 2.45) is 0 Å². The first-order valence-corrected chi connectivity index (χ1v) is 6.53. The predicted molar refractivity (Wildman–Crippen MR) is 73.8 cm³/mol. The average molecular weight is 264 g/mol. The summed E-state index contributed by atoms with van der Waals surface area (Å²) in [5, 5.41) is 11.3. The lowest BCUT2D eigenvalue weighted by molar-refractivity contribution is 0.0695. The second kappa shape index (κ2) is 5.44. The highest BCUT2D eigenvalue weighted by molar-refractivity contribution is 5.93. The molecule has 0 aliphatic carbocycles. The molecular formula is C13H20N4O2. The van der Waals surface area contributed by atoms with Gasteiger partial charge in [0.2, 0.25) is 0 Å². The summed E-state index contributed by atoms with van der Waals surface area (Å²) >= 11 is 0. The highest BCUT2D eigenvalue weighted by Crippen LogP contribution is 2.24. The summed E-state index contributed by atoms with van der Waals surface area (Å²) < 4.78 is 0. The van der Waals surface area contributed by atoms with Crippen LogP contribution in [0, 0.1) is 0 Å². The number of rotatable bonds is 3. The topological polar surface area (TPSA) is 91.5 Å². The Labute approximate surface area is 112 Å². The van der Waals surface area contributed by atoms with Crippen LogP contribution in [-0.4, -0.2) is 33.2 Å². The van der Waals surface area contributed by atoms with E-state index < -0.39 is 5.97 Å². The van der Waals surface area contributed by atoms with E-state index in [2.05, 4.69) is 29.3 Å². The van der Waals surface area contributed by atoms with E-state index in [1.807, 2.05) is 0 Å². The lowest BCUT2D eigenvalue weighted by Crippen LogP contribution is -2.47. The fourth-order valence-corrected chi connectivity index (χ4v) is 2.50. The van der Waals surface area contributed by atoms with Crippen molar-refractivity contribution in [1.82, 2.24) is 9.99 Å². The van der Waals surface area contributed by atoms with Gasteiger partial charge in [-0.3, -0.25) is 0 Å². The van der Waals surface area contributed by atoms with Crippen LogP contribution >= 0.6 is 0 Å². The number of nitrogens with one attached hydrogen (secondary N) is 1. The van der Waals surface area contributed by atoms with Crippen LogP contribution < -0.4 is 11.2 Å². The van der Waals surface area contributed by atoms with E-state index in [0.29, 0.717) is 23.6 Å². The van der Waals surface area contributed by atoms with Gasteiger partial charge in [0.1, 0.15) is 5.56 Å². The first-order valence-electron chi connectivity index (χ1n) is 6.53. The van der Waals surface area contributed by atoms with Crippen LogP contribution in [0.25, 0.3) is 0 Å². The first-order chi connectivity index (χ1) is 8.99. The Balaban J connectivity index is 2.24. The van der Waals surface area contributed by atoms with Crippen molar-refractivity contribution in [3.63, 3.8) is 0 Å². The molecular weight excluding hydrogens is 244 g/mol. The Hall–Kier alpha value is -1.82. The molecule has 2 atom stereocenters. The van der Waals surface area contributed by atoms with Crippen molar-refractivity contribution < 1.29 is 9.90 Å². The van der Waals surface area contributed by atoms with Crippen LogP contribution in [0.15, 0.2) is 12.3 Å². The molecule has 0 spiro atoms. The Morgan fingerprint density at radius 1 is 1.47 bits per heavy atom. The number of nitrogens with two attached hydrogens (primary N) is 1. The maximum Gasteiger partial charge on any atom is 0.339 e. The van der Waals surface area contributed by atoms with E-state index in [9.17, 15) is 9.90 Å². The van der Waals surface area contributed by atoms with Gasteiger partial charge >= 0.3 is 5.97 Å². The van der Waals surface area contributed by atoms with Crippen molar-refractivity contribution in [1.29, 1.82) is 0 Å². The van der Waals surface area contributed by atoms with Crippen LogP contribution in [0.1, 0.15) is 43.5 Å². The number of piperidine rings is 1. The smallest absolute Gasteiger partial charge is 0.339 e. The van der Waals surface area contributed by atoms with E-state index in [1.54, 1.807) is 0 Å². The predicted octanol–water partition coefficient (Wildman–Crippen LogP) is 1.95. The SMILES string of the molecule is CC1CCCC(C)N1Nc1ncc(N)cc1C(=O)O. The van der Waals surface area contributed by atoms with Crippen molar-refractivity contribution in [3.05, 3.63) is 17.8 Å². The minimum Gasteiger partial charge on any atom is -0.478 e. The Morgan fingerprint density at radius 3 is 2.68 bits per heavy atom. The number of aromatic nitrogens is 1. The van der Waals surface area contributed by atoms with Gasteiger partial charge in [0.15, 0.2) is 5.82 Å². The summed E-state index contributed by atoms with van der Waals surface area (Å²) in [6.07, 6.45) is 4.85. The Kier molecular flexibility index (Phi) is 3.90.